The van der Waals surface area contributed by atoms with Gasteiger partial charge in [0.1, 0.15) is 17.2 Å². The van der Waals surface area contributed by atoms with Crippen molar-refractivity contribution in [1.29, 1.82) is 0 Å². The molecule has 0 aliphatic carbocycles. The van der Waals surface area contributed by atoms with Gasteiger partial charge in [-0.3, -0.25) is 9.78 Å². The van der Waals surface area contributed by atoms with E-state index in [9.17, 15) is 4.79 Å². The molecule has 2 heterocycles. The summed E-state index contributed by atoms with van der Waals surface area (Å²) in [5, 5.41) is 5.87. The second-order valence-corrected chi connectivity index (χ2v) is 7.23. The molecule has 2 aromatic carbocycles. The summed E-state index contributed by atoms with van der Waals surface area (Å²) < 4.78 is 5.90. The van der Waals surface area contributed by atoms with Crippen molar-refractivity contribution < 1.29 is 9.53 Å². The Kier molecular flexibility index (Phi) is 5.34. The lowest BCUT2D eigenvalue weighted by Crippen LogP contribution is -2.18. The van der Waals surface area contributed by atoms with Crippen molar-refractivity contribution in [2.24, 2.45) is 0 Å². The van der Waals surface area contributed by atoms with E-state index >= 15 is 0 Å². The highest BCUT2D eigenvalue weighted by Crippen LogP contribution is 2.27. The van der Waals surface area contributed by atoms with Crippen molar-refractivity contribution in [3.05, 3.63) is 72.1 Å². The number of fused-ring (bicyclic) bond motifs is 1. The third-order valence-corrected chi connectivity index (χ3v) is 4.70. The molecule has 0 saturated carbocycles. The van der Waals surface area contributed by atoms with E-state index in [4.69, 9.17) is 4.74 Å². The maximum Gasteiger partial charge on any atom is 0.269 e. The summed E-state index contributed by atoms with van der Waals surface area (Å²) in [5.41, 5.74) is 4.21. The molecule has 0 radical (unpaired) electrons. The van der Waals surface area contributed by atoms with Crippen LogP contribution in [0.15, 0.2) is 60.8 Å². The highest BCUT2D eigenvalue weighted by molar-refractivity contribution is 5.92. The van der Waals surface area contributed by atoms with Crippen LogP contribution in [0.1, 0.15) is 35.8 Å². The van der Waals surface area contributed by atoms with Crippen LogP contribution in [0, 0.1) is 0 Å². The smallest absolute Gasteiger partial charge is 0.269 e. The molecular weight excluding hydrogens is 378 g/mol. The van der Waals surface area contributed by atoms with E-state index < -0.39 is 0 Å². The van der Waals surface area contributed by atoms with Crippen molar-refractivity contribution in [3.63, 3.8) is 0 Å². The van der Waals surface area contributed by atoms with Crippen LogP contribution in [-0.4, -0.2) is 27.9 Å². The molecule has 0 saturated heterocycles. The predicted molar refractivity (Wildman–Crippen MR) is 118 cm³/mol. The summed E-state index contributed by atoms with van der Waals surface area (Å²) in [4.78, 5) is 23.7. The van der Waals surface area contributed by atoms with E-state index in [1.807, 2.05) is 30.3 Å². The number of aromatic amines is 1. The molecule has 0 unspecified atom stereocenters. The van der Waals surface area contributed by atoms with E-state index in [-0.39, 0.29) is 5.91 Å². The first-order valence-corrected chi connectivity index (χ1v) is 9.74. The number of ether oxygens (including phenoxy) is 1. The standard InChI is InChI=1S/C23H23N5O2/c1-14(2)15-5-4-6-16(11-15)26-23-27-19-8-7-17(12-20(19)28-23)30-18-9-10-25-21(13-18)22(29)24-3/h4-14H,1-3H3,(H,24,29)(H2,26,27,28). The van der Waals surface area contributed by atoms with Gasteiger partial charge < -0.3 is 20.4 Å². The quantitative estimate of drug-likeness (QED) is 0.424. The number of carbonyl (C=O) groups excluding carboxylic acids is 1. The van der Waals surface area contributed by atoms with Gasteiger partial charge in [-0.25, -0.2) is 4.98 Å². The summed E-state index contributed by atoms with van der Waals surface area (Å²) in [6.07, 6.45) is 1.54. The Morgan fingerprint density at radius 1 is 1.07 bits per heavy atom. The van der Waals surface area contributed by atoms with Crippen molar-refractivity contribution in [2.45, 2.75) is 19.8 Å². The molecular formula is C23H23N5O2. The number of pyridine rings is 1. The summed E-state index contributed by atoms with van der Waals surface area (Å²) in [7, 11) is 1.56. The van der Waals surface area contributed by atoms with E-state index in [0.29, 0.717) is 29.1 Å². The third-order valence-electron chi connectivity index (χ3n) is 4.70. The maximum absolute atomic E-state index is 11.8. The number of carbonyl (C=O) groups is 1. The Labute approximate surface area is 174 Å². The van der Waals surface area contributed by atoms with Gasteiger partial charge in [0.2, 0.25) is 5.95 Å². The van der Waals surface area contributed by atoms with Crippen LogP contribution >= 0.6 is 0 Å². The molecule has 30 heavy (non-hydrogen) atoms. The molecule has 2 aromatic heterocycles. The summed E-state index contributed by atoms with van der Waals surface area (Å²) in [5.74, 6) is 2.01. The lowest BCUT2D eigenvalue weighted by molar-refractivity contribution is 0.0958. The first kappa shape index (κ1) is 19.4. The lowest BCUT2D eigenvalue weighted by atomic mass is 10.0. The Morgan fingerprint density at radius 2 is 1.90 bits per heavy atom. The molecule has 0 atom stereocenters. The number of amides is 1. The molecule has 152 valence electrons. The van der Waals surface area contributed by atoms with Crippen LogP contribution in [0.3, 0.4) is 0 Å². The number of nitrogens with one attached hydrogen (secondary N) is 3. The molecule has 0 bridgehead atoms. The number of nitrogens with zero attached hydrogens (tertiary/aromatic N) is 2. The fourth-order valence-electron chi connectivity index (χ4n) is 3.08. The topological polar surface area (TPSA) is 91.9 Å². The van der Waals surface area contributed by atoms with Gasteiger partial charge >= 0.3 is 0 Å². The minimum atomic E-state index is -0.263. The van der Waals surface area contributed by atoms with Crippen LogP contribution in [0.5, 0.6) is 11.5 Å². The second-order valence-electron chi connectivity index (χ2n) is 7.23. The third kappa shape index (κ3) is 4.25. The molecule has 4 aromatic rings. The molecule has 0 spiro atoms. The fourth-order valence-corrected chi connectivity index (χ4v) is 3.08. The van der Waals surface area contributed by atoms with Crippen molar-refractivity contribution >= 4 is 28.6 Å². The highest BCUT2D eigenvalue weighted by atomic mass is 16.5. The fraction of sp³-hybridized carbons (Fsp3) is 0.174. The molecule has 0 aliphatic heterocycles. The molecule has 0 fully saturated rings. The van der Waals surface area contributed by atoms with E-state index in [1.165, 1.54) is 5.56 Å². The average molecular weight is 401 g/mol. The van der Waals surface area contributed by atoms with Crippen LogP contribution < -0.4 is 15.4 Å². The molecule has 7 nitrogen and oxygen atoms in total. The number of anilines is 2. The normalized spacial score (nSPS) is 10.9. The maximum atomic E-state index is 11.8. The van der Waals surface area contributed by atoms with Gasteiger partial charge in [0.05, 0.1) is 11.0 Å². The minimum absolute atomic E-state index is 0.263. The van der Waals surface area contributed by atoms with Gasteiger partial charge in [0.15, 0.2) is 0 Å². The van der Waals surface area contributed by atoms with Crippen LogP contribution in [0.25, 0.3) is 11.0 Å². The van der Waals surface area contributed by atoms with Gasteiger partial charge in [-0.05, 0) is 41.8 Å². The summed E-state index contributed by atoms with van der Waals surface area (Å²) in [6, 6.07) is 17.2. The number of hydrogen-bond donors (Lipinski definition) is 3. The first-order chi connectivity index (χ1) is 14.5. The summed E-state index contributed by atoms with van der Waals surface area (Å²) in [6.45, 7) is 4.34. The summed E-state index contributed by atoms with van der Waals surface area (Å²) >= 11 is 0. The van der Waals surface area contributed by atoms with Gasteiger partial charge in [-0.15, -0.1) is 0 Å². The molecule has 3 N–H and O–H groups in total. The Hall–Kier alpha value is -3.87. The monoisotopic (exact) mass is 401 g/mol. The SMILES string of the molecule is CNC(=O)c1cc(Oc2ccc3[nH]c(Nc4cccc(C(C)C)c4)nc3c2)ccn1. The van der Waals surface area contributed by atoms with Gasteiger partial charge in [0, 0.05) is 31.1 Å². The molecule has 4 rings (SSSR count). The number of hydrogen-bond acceptors (Lipinski definition) is 5. The molecule has 1 amide bonds. The number of imidazole rings is 1. The van der Waals surface area contributed by atoms with Crippen LogP contribution in [0.2, 0.25) is 0 Å². The number of rotatable bonds is 6. The average Bonchev–Trinajstić information content (AvgIpc) is 3.15. The van der Waals surface area contributed by atoms with Crippen molar-refractivity contribution in [1.82, 2.24) is 20.3 Å². The zero-order valence-corrected chi connectivity index (χ0v) is 17.1. The number of aromatic nitrogens is 3. The largest absolute Gasteiger partial charge is 0.457 e. The van der Waals surface area contributed by atoms with E-state index in [1.54, 1.807) is 25.4 Å². The van der Waals surface area contributed by atoms with Gasteiger partial charge in [0.25, 0.3) is 5.91 Å². The Balaban J connectivity index is 1.54. The van der Waals surface area contributed by atoms with Crippen LogP contribution in [0.4, 0.5) is 11.6 Å². The van der Waals surface area contributed by atoms with E-state index in [2.05, 4.69) is 51.6 Å². The molecule has 7 heteroatoms. The molecule has 0 aliphatic rings. The highest BCUT2D eigenvalue weighted by Gasteiger charge is 2.09. The van der Waals surface area contributed by atoms with Crippen molar-refractivity contribution in [3.8, 4) is 11.5 Å². The van der Waals surface area contributed by atoms with Crippen LogP contribution in [-0.2, 0) is 0 Å². The Morgan fingerprint density at radius 3 is 2.70 bits per heavy atom. The number of benzene rings is 2. The number of H-pyrrole nitrogens is 1. The van der Waals surface area contributed by atoms with Gasteiger partial charge in [-0.2, -0.15) is 0 Å². The first-order valence-electron chi connectivity index (χ1n) is 9.74. The Bertz CT molecular complexity index is 1200. The second kappa shape index (κ2) is 8.24. The minimum Gasteiger partial charge on any atom is -0.457 e. The zero-order chi connectivity index (χ0) is 21.1. The van der Waals surface area contributed by atoms with E-state index in [0.717, 1.165) is 16.7 Å². The predicted octanol–water partition coefficient (Wildman–Crippen LogP) is 4.98. The van der Waals surface area contributed by atoms with Gasteiger partial charge in [-0.1, -0.05) is 26.0 Å². The van der Waals surface area contributed by atoms with Crippen molar-refractivity contribution in [2.75, 3.05) is 12.4 Å². The lowest BCUT2D eigenvalue weighted by Gasteiger charge is -2.08. The zero-order valence-electron chi connectivity index (χ0n) is 17.1.